The first-order valence-electron chi connectivity index (χ1n) is 11.1. The van der Waals surface area contributed by atoms with Crippen molar-refractivity contribution in [3.05, 3.63) is 82.1 Å². The normalized spacial score (nSPS) is 17.2. The minimum absolute atomic E-state index is 0.139. The van der Waals surface area contributed by atoms with Gasteiger partial charge in [-0.15, -0.1) is 0 Å². The van der Waals surface area contributed by atoms with E-state index in [4.69, 9.17) is 23.7 Å². The number of ether oxygens (including phenoxy) is 5. The van der Waals surface area contributed by atoms with E-state index in [1.54, 1.807) is 13.2 Å². The van der Waals surface area contributed by atoms with Crippen LogP contribution in [0.5, 0.6) is 28.7 Å². The minimum atomic E-state index is -0.139. The Morgan fingerprint density at radius 1 is 1.03 bits per heavy atom. The highest BCUT2D eigenvalue weighted by atomic mass is 16.7. The van der Waals surface area contributed by atoms with Crippen LogP contribution in [0.25, 0.3) is 6.08 Å². The molecule has 0 N–H and O–H groups in total. The molecule has 0 amide bonds. The largest absolute Gasteiger partial charge is 0.496 e. The number of para-hydroxylation sites is 1. The lowest BCUT2D eigenvalue weighted by Crippen LogP contribution is -2.32. The number of allylic oxidation sites excluding steroid dienone is 1. The number of hydrogen-bond donors (Lipinski definition) is 0. The van der Waals surface area contributed by atoms with Crippen LogP contribution in [-0.2, 0) is 13.1 Å². The van der Waals surface area contributed by atoms with Gasteiger partial charge in [-0.05, 0) is 42.8 Å². The van der Waals surface area contributed by atoms with Crippen molar-refractivity contribution in [2.24, 2.45) is 0 Å². The van der Waals surface area contributed by atoms with Crippen molar-refractivity contribution in [1.29, 1.82) is 0 Å². The molecule has 0 atom stereocenters. The van der Waals surface area contributed by atoms with Gasteiger partial charge < -0.3 is 23.7 Å². The van der Waals surface area contributed by atoms with Crippen molar-refractivity contribution in [2.75, 3.05) is 20.6 Å². The van der Waals surface area contributed by atoms with E-state index >= 15 is 0 Å². The van der Waals surface area contributed by atoms with Gasteiger partial charge in [-0.3, -0.25) is 9.69 Å². The second-order valence-corrected chi connectivity index (χ2v) is 8.50. The maximum atomic E-state index is 13.2. The smallest absolute Gasteiger partial charge is 0.231 e. The van der Waals surface area contributed by atoms with E-state index in [1.807, 2.05) is 55.5 Å². The summed E-state index contributed by atoms with van der Waals surface area (Å²) in [5, 5.41) is 0. The van der Waals surface area contributed by atoms with Gasteiger partial charge in [0.25, 0.3) is 0 Å². The Morgan fingerprint density at radius 2 is 1.88 bits per heavy atom. The van der Waals surface area contributed by atoms with Crippen molar-refractivity contribution in [2.45, 2.75) is 20.0 Å². The molecule has 3 aliphatic rings. The molecule has 172 valence electrons. The molecule has 0 saturated carbocycles. The lowest BCUT2D eigenvalue weighted by atomic mass is 9.99. The lowest BCUT2D eigenvalue weighted by molar-refractivity contribution is 0.0876. The highest BCUT2D eigenvalue weighted by molar-refractivity contribution is 6.15. The van der Waals surface area contributed by atoms with Crippen molar-refractivity contribution in [3.63, 3.8) is 0 Å². The van der Waals surface area contributed by atoms with Crippen molar-refractivity contribution < 1.29 is 28.5 Å². The van der Waals surface area contributed by atoms with Gasteiger partial charge in [0.1, 0.15) is 24.0 Å². The molecule has 6 rings (SSSR count). The van der Waals surface area contributed by atoms with Gasteiger partial charge in [-0.2, -0.15) is 0 Å². The zero-order valence-electron chi connectivity index (χ0n) is 18.9. The van der Waals surface area contributed by atoms with Crippen LogP contribution < -0.4 is 23.7 Å². The molecule has 0 bridgehead atoms. The third-order valence-electron chi connectivity index (χ3n) is 6.27. The number of rotatable bonds is 4. The molecule has 0 aromatic heterocycles. The second-order valence-electron chi connectivity index (χ2n) is 8.50. The van der Waals surface area contributed by atoms with E-state index in [0.717, 1.165) is 39.5 Å². The van der Waals surface area contributed by atoms with Gasteiger partial charge >= 0.3 is 0 Å². The van der Waals surface area contributed by atoms with Gasteiger partial charge in [0, 0.05) is 29.8 Å². The van der Waals surface area contributed by atoms with Crippen LogP contribution in [0.3, 0.4) is 0 Å². The Bertz CT molecular complexity index is 1350. The third-order valence-corrected chi connectivity index (χ3v) is 6.27. The van der Waals surface area contributed by atoms with Crippen LogP contribution in [0, 0.1) is 6.92 Å². The zero-order valence-corrected chi connectivity index (χ0v) is 18.9. The van der Waals surface area contributed by atoms with Gasteiger partial charge in [0.05, 0.1) is 12.7 Å². The highest BCUT2D eigenvalue weighted by Gasteiger charge is 2.34. The molecular weight excluding hydrogens is 434 g/mol. The SMILES string of the molecule is COc1ccccc1/C=C1\Oc2c(cc3c(c2C)OCN(Cc2ccc4c(c2)OCO4)C3)C1=O. The number of hydrogen-bond acceptors (Lipinski definition) is 7. The predicted molar refractivity (Wildman–Crippen MR) is 124 cm³/mol. The lowest BCUT2D eigenvalue weighted by Gasteiger charge is -2.30. The number of methoxy groups -OCH3 is 1. The Morgan fingerprint density at radius 3 is 2.76 bits per heavy atom. The number of Topliss-reactive ketones (excluding diaryl/α,β-unsaturated/α-hetero) is 1. The molecule has 3 heterocycles. The second kappa shape index (κ2) is 8.11. The summed E-state index contributed by atoms with van der Waals surface area (Å²) in [6.07, 6.45) is 1.73. The zero-order chi connectivity index (χ0) is 23.2. The Hall–Kier alpha value is -3.97. The highest BCUT2D eigenvalue weighted by Crippen LogP contribution is 2.43. The number of ketones is 1. The van der Waals surface area contributed by atoms with Crippen molar-refractivity contribution in [1.82, 2.24) is 4.90 Å². The average molecular weight is 457 g/mol. The predicted octanol–water partition coefficient (Wildman–Crippen LogP) is 4.70. The van der Waals surface area contributed by atoms with Crippen LogP contribution >= 0.6 is 0 Å². The fourth-order valence-electron chi connectivity index (χ4n) is 4.62. The summed E-state index contributed by atoms with van der Waals surface area (Å²) in [5.74, 6) is 3.70. The van der Waals surface area contributed by atoms with E-state index in [2.05, 4.69) is 4.90 Å². The monoisotopic (exact) mass is 457 g/mol. The number of carbonyl (C=O) groups is 1. The summed E-state index contributed by atoms with van der Waals surface area (Å²) < 4.78 is 28.4. The summed E-state index contributed by atoms with van der Waals surface area (Å²) in [6.45, 7) is 3.99. The van der Waals surface area contributed by atoms with Crippen LogP contribution in [-0.4, -0.2) is 31.3 Å². The topological polar surface area (TPSA) is 66.5 Å². The quantitative estimate of drug-likeness (QED) is 0.526. The number of carbonyl (C=O) groups excluding carboxylic acids is 1. The fourth-order valence-corrected chi connectivity index (χ4v) is 4.62. The standard InChI is InChI=1S/C27H23NO6/c1-16-26-19(13-28(14-31-26)12-17-7-8-22-23(9-17)33-15-32-22)10-20-25(29)24(34-27(16)20)11-18-5-3-4-6-21(18)30-2/h3-11H,12-15H2,1-2H3/b24-11-. The maximum Gasteiger partial charge on any atom is 0.231 e. The average Bonchev–Trinajstić information content (AvgIpc) is 3.44. The van der Waals surface area contributed by atoms with Crippen LogP contribution in [0.2, 0.25) is 0 Å². The molecule has 3 aliphatic heterocycles. The van der Waals surface area contributed by atoms with E-state index in [-0.39, 0.29) is 18.3 Å². The van der Waals surface area contributed by atoms with Gasteiger partial charge in [-0.1, -0.05) is 24.3 Å². The molecule has 0 unspecified atom stereocenters. The van der Waals surface area contributed by atoms with E-state index in [0.29, 0.717) is 36.9 Å². The number of fused-ring (bicyclic) bond motifs is 3. The summed E-state index contributed by atoms with van der Waals surface area (Å²) in [7, 11) is 1.61. The molecule has 0 saturated heterocycles. The molecule has 7 heteroatoms. The molecule has 3 aromatic rings. The molecule has 34 heavy (non-hydrogen) atoms. The van der Waals surface area contributed by atoms with Crippen LogP contribution in [0.1, 0.15) is 32.6 Å². The van der Waals surface area contributed by atoms with Crippen LogP contribution in [0.15, 0.2) is 54.3 Å². The van der Waals surface area contributed by atoms with Crippen molar-refractivity contribution in [3.8, 4) is 28.7 Å². The van der Waals surface area contributed by atoms with E-state index in [1.165, 1.54) is 0 Å². The molecule has 0 radical (unpaired) electrons. The molecule has 3 aromatic carbocycles. The summed E-state index contributed by atoms with van der Waals surface area (Å²) in [6, 6.07) is 15.4. The first-order chi connectivity index (χ1) is 16.6. The number of benzene rings is 3. The summed E-state index contributed by atoms with van der Waals surface area (Å²) in [4.78, 5) is 15.4. The number of nitrogens with zero attached hydrogens (tertiary/aromatic N) is 1. The summed E-state index contributed by atoms with van der Waals surface area (Å²) in [5.41, 5.74) is 4.27. The van der Waals surface area contributed by atoms with Gasteiger partial charge in [0.15, 0.2) is 17.3 Å². The summed E-state index contributed by atoms with van der Waals surface area (Å²) >= 11 is 0. The Labute approximate surface area is 197 Å². The van der Waals surface area contributed by atoms with Gasteiger partial charge in [0.2, 0.25) is 12.6 Å². The molecular formula is C27H23NO6. The van der Waals surface area contributed by atoms with Crippen LogP contribution in [0.4, 0.5) is 0 Å². The maximum absolute atomic E-state index is 13.2. The Balaban J connectivity index is 1.26. The fraction of sp³-hybridized carbons (Fsp3) is 0.222. The first kappa shape index (κ1) is 20.6. The molecule has 0 spiro atoms. The first-order valence-corrected chi connectivity index (χ1v) is 11.1. The minimum Gasteiger partial charge on any atom is -0.496 e. The van der Waals surface area contributed by atoms with E-state index in [9.17, 15) is 4.79 Å². The van der Waals surface area contributed by atoms with E-state index < -0.39 is 0 Å². The molecule has 0 aliphatic carbocycles. The van der Waals surface area contributed by atoms with Gasteiger partial charge in [-0.25, -0.2) is 0 Å². The third kappa shape index (κ3) is 3.45. The van der Waals surface area contributed by atoms with Crippen molar-refractivity contribution >= 4 is 11.9 Å². The Kier molecular flexibility index (Phi) is 4.92. The molecule has 7 nitrogen and oxygen atoms in total. The molecule has 0 fully saturated rings.